The Bertz CT molecular complexity index is 1330. The fraction of sp³-hybridized carbons (Fsp3) is 0.333. The number of rotatable bonds is 6. The Morgan fingerprint density at radius 3 is 2.77 bits per heavy atom. The largest absolute Gasteiger partial charge is 0.490 e. The first-order valence-corrected chi connectivity index (χ1v) is 11.8. The molecule has 2 aromatic carbocycles. The Labute approximate surface area is 203 Å². The van der Waals surface area contributed by atoms with Crippen LogP contribution in [0.25, 0.3) is 28.6 Å². The third-order valence-electron chi connectivity index (χ3n) is 6.19. The summed E-state index contributed by atoms with van der Waals surface area (Å²) in [7, 11) is 0. The molecule has 1 fully saturated rings. The highest BCUT2D eigenvalue weighted by Gasteiger charge is 2.27. The number of carbonyl (C=O) groups excluding carboxylic acids is 1. The molecule has 0 amide bonds. The molecule has 8 heteroatoms. The van der Waals surface area contributed by atoms with E-state index in [1.165, 1.54) is 0 Å². The number of benzene rings is 2. The molecular formula is C27H26N4O4. The van der Waals surface area contributed by atoms with Crippen LogP contribution in [0, 0.1) is 17.2 Å². The molecule has 0 atom stereocenters. The summed E-state index contributed by atoms with van der Waals surface area (Å²) in [4.78, 5) is 17.2. The predicted molar refractivity (Wildman–Crippen MR) is 129 cm³/mol. The maximum Gasteiger partial charge on any atom is 0.314 e. The first kappa shape index (κ1) is 22.8. The molecule has 0 bridgehead atoms. The zero-order chi connectivity index (χ0) is 24.4. The third kappa shape index (κ3) is 4.68. The average molecular weight is 471 g/mol. The van der Waals surface area contributed by atoms with Crippen molar-refractivity contribution < 1.29 is 18.8 Å². The van der Waals surface area contributed by atoms with Crippen LogP contribution in [0.5, 0.6) is 5.75 Å². The van der Waals surface area contributed by atoms with Gasteiger partial charge in [-0.15, -0.1) is 0 Å². The highest BCUT2D eigenvalue weighted by Crippen LogP contribution is 2.36. The van der Waals surface area contributed by atoms with Gasteiger partial charge in [-0.3, -0.25) is 4.79 Å². The van der Waals surface area contributed by atoms with E-state index in [4.69, 9.17) is 14.0 Å². The molecule has 0 saturated carbocycles. The molecule has 178 valence electrons. The standard InChI is InChI=1S/C27H26N4O4/c1-16(2)33-23-8-6-18(14-19(23)15-28)26-30-25(31-35-26)22-5-3-4-21-20(22)7-9-24(21)34-27(32)17-10-12-29-13-11-17/h3-6,8-9,14,16-17,29H,7,10-13H2,1-2H3. The van der Waals surface area contributed by atoms with Crippen LogP contribution in [0.1, 0.15) is 43.4 Å². The summed E-state index contributed by atoms with van der Waals surface area (Å²) >= 11 is 0. The van der Waals surface area contributed by atoms with Crippen LogP contribution in [-0.2, 0) is 16.0 Å². The van der Waals surface area contributed by atoms with Gasteiger partial charge in [0.05, 0.1) is 17.6 Å². The van der Waals surface area contributed by atoms with Crippen molar-refractivity contribution in [3.8, 4) is 34.7 Å². The second kappa shape index (κ2) is 9.72. The number of nitriles is 1. The van der Waals surface area contributed by atoms with Crippen molar-refractivity contribution in [2.45, 2.75) is 39.2 Å². The van der Waals surface area contributed by atoms with E-state index in [-0.39, 0.29) is 18.0 Å². The number of hydrogen-bond donors (Lipinski definition) is 1. The van der Waals surface area contributed by atoms with Gasteiger partial charge in [0, 0.05) is 16.7 Å². The molecule has 0 radical (unpaired) electrons. The first-order valence-electron chi connectivity index (χ1n) is 11.8. The molecule has 1 aromatic heterocycles. The minimum atomic E-state index is -0.170. The minimum Gasteiger partial charge on any atom is -0.490 e. The van der Waals surface area contributed by atoms with E-state index < -0.39 is 0 Å². The van der Waals surface area contributed by atoms with Crippen LogP contribution in [0.2, 0.25) is 0 Å². The second-order valence-corrected chi connectivity index (χ2v) is 8.96. The number of hydrogen-bond acceptors (Lipinski definition) is 8. The molecule has 0 unspecified atom stereocenters. The summed E-state index contributed by atoms with van der Waals surface area (Å²) in [5, 5.41) is 17.0. The summed E-state index contributed by atoms with van der Waals surface area (Å²) in [6, 6.07) is 13.2. The molecule has 3 aromatic rings. The van der Waals surface area contributed by atoms with Crippen molar-refractivity contribution in [1.82, 2.24) is 15.5 Å². The highest BCUT2D eigenvalue weighted by molar-refractivity contribution is 5.84. The van der Waals surface area contributed by atoms with Gasteiger partial charge in [0.15, 0.2) is 0 Å². The minimum absolute atomic E-state index is 0.0411. The molecule has 1 N–H and O–H groups in total. The zero-order valence-electron chi connectivity index (χ0n) is 19.7. The van der Waals surface area contributed by atoms with Gasteiger partial charge in [-0.1, -0.05) is 23.4 Å². The molecule has 5 rings (SSSR count). The summed E-state index contributed by atoms with van der Waals surface area (Å²) in [5.74, 6) is 1.62. The summed E-state index contributed by atoms with van der Waals surface area (Å²) < 4.78 is 17.0. The van der Waals surface area contributed by atoms with Gasteiger partial charge in [0.1, 0.15) is 17.6 Å². The Morgan fingerprint density at radius 2 is 2.00 bits per heavy atom. The van der Waals surface area contributed by atoms with E-state index in [0.29, 0.717) is 40.8 Å². The smallest absolute Gasteiger partial charge is 0.314 e. The van der Waals surface area contributed by atoms with Gasteiger partial charge in [-0.2, -0.15) is 10.2 Å². The molecule has 0 spiro atoms. The van der Waals surface area contributed by atoms with E-state index in [9.17, 15) is 10.1 Å². The molecule has 1 aliphatic carbocycles. The van der Waals surface area contributed by atoms with Gasteiger partial charge in [0.2, 0.25) is 5.82 Å². The number of nitrogens with one attached hydrogen (secondary N) is 1. The van der Waals surface area contributed by atoms with Crippen molar-refractivity contribution in [2.24, 2.45) is 5.92 Å². The quantitative estimate of drug-likeness (QED) is 0.524. The number of allylic oxidation sites excluding steroid dienone is 1. The van der Waals surface area contributed by atoms with Crippen LogP contribution in [0.15, 0.2) is 47.0 Å². The SMILES string of the molecule is CC(C)Oc1ccc(-c2nc(-c3cccc4c3CC=C4OC(=O)C3CCNCC3)no2)cc1C#N. The van der Waals surface area contributed by atoms with E-state index in [1.807, 2.05) is 38.1 Å². The third-order valence-corrected chi connectivity index (χ3v) is 6.19. The second-order valence-electron chi connectivity index (χ2n) is 8.96. The lowest BCUT2D eigenvalue weighted by Crippen LogP contribution is -2.32. The van der Waals surface area contributed by atoms with E-state index >= 15 is 0 Å². The monoisotopic (exact) mass is 470 g/mol. The zero-order valence-corrected chi connectivity index (χ0v) is 19.7. The number of aromatic nitrogens is 2. The van der Waals surface area contributed by atoms with Crippen LogP contribution in [0.4, 0.5) is 0 Å². The van der Waals surface area contributed by atoms with E-state index in [0.717, 1.165) is 42.6 Å². The number of esters is 1. The molecular weight excluding hydrogens is 444 g/mol. The topological polar surface area (TPSA) is 110 Å². The summed E-state index contributed by atoms with van der Waals surface area (Å²) in [6.07, 6.45) is 4.09. The predicted octanol–water partition coefficient (Wildman–Crippen LogP) is 4.50. The molecule has 35 heavy (non-hydrogen) atoms. The van der Waals surface area contributed by atoms with Gasteiger partial charge in [0.25, 0.3) is 5.89 Å². The molecule has 2 aliphatic rings. The van der Waals surface area contributed by atoms with Gasteiger partial charge in [-0.25, -0.2) is 0 Å². The van der Waals surface area contributed by atoms with Crippen molar-refractivity contribution in [3.63, 3.8) is 0 Å². The van der Waals surface area contributed by atoms with E-state index in [1.54, 1.807) is 18.2 Å². The number of fused-ring (bicyclic) bond motifs is 1. The first-order chi connectivity index (χ1) is 17.0. The molecule has 1 aliphatic heterocycles. The van der Waals surface area contributed by atoms with Crippen LogP contribution < -0.4 is 10.1 Å². The Balaban J connectivity index is 1.37. The van der Waals surface area contributed by atoms with Crippen molar-refractivity contribution in [2.75, 3.05) is 13.1 Å². The lowest BCUT2D eigenvalue weighted by Gasteiger charge is -2.21. The lowest BCUT2D eigenvalue weighted by atomic mass is 9.98. The fourth-order valence-electron chi connectivity index (χ4n) is 4.46. The normalized spacial score (nSPS) is 15.4. The van der Waals surface area contributed by atoms with Crippen molar-refractivity contribution in [3.05, 3.63) is 59.2 Å². The van der Waals surface area contributed by atoms with Gasteiger partial charge in [-0.05, 0) is 76.0 Å². The number of carbonyl (C=O) groups is 1. The van der Waals surface area contributed by atoms with Crippen molar-refractivity contribution >= 4 is 11.7 Å². The number of nitrogens with zero attached hydrogens (tertiary/aromatic N) is 3. The molecule has 8 nitrogen and oxygen atoms in total. The van der Waals surface area contributed by atoms with Crippen molar-refractivity contribution in [1.29, 1.82) is 5.26 Å². The van der Waals surface area contributed by atoms with Crippen LogP contribution in [-0.4, -0.2) is 35.3 Å². The Kier molecular flexibility index (Phi) is 6.34. The van der Waals surface area contributed by atoms with Crippen LogP contribution in [0.3, 0.4) is 0 Å². The maximum absolute atomic E-state index is 12.7. The van der Waals surface area contributed by atoms with Crippen LogP contribution >= 0.6 is 0 Å². The number of ether oxygens (including phenoxy) is 2. The number of piperidine rings is 1. The maximum atomic E-state index is 12.7. The lowest BCUT2D eigenvalue weighted by molar-refractivity contribution is -0.142. The van der Waals surface area contributed by atoms with Gasteiger partial charge < -0.3 is 19.3 Å². The Hall–Kier alpha value is -3.96. The highest BCUT2D eigenvalue weighted by atomic mass is 16.5. The van der Waals surface area contributed by atoms with E-state index in [2.05, 4.69) is 21.5 Å². The Morgan fingerprint density at radius 1 is 1.20 bits per heavy atom. The fourth-order valence-corrected chi connectivity index (χ4v) is 4.46. The summed E-state index contributed by atoms with van der Waals surface area (Å²) in [5.41, 5.74) is 3.73. The van der Waals surface area contributed by atoms with Gasteiger partial charge >= 0.3 is 5.97 Å². The molecule has 2 heterocycles. The average Bonchev–Trinajstić information content (AvgIpc) is 3.52. The molecule has 1 saturated heterocycles. The summed E-state index contributed by atoms with van der Waals surface area (Å²) in [6.45, 7) is 5.49.